The summed E-state index contributed by atoms with van der Waals surface area (Å²) in [6.07, 6.45) is -0.150. The van der Waals surface area contributed by atoms with E-state index in [1.54, 1.807) is 0 Å². The number of hydrogen-bond acceptors (Lipinski definition) is 3. The molecule has 5 nitrogen and oxygen atoms in total. The van der Waals surface area contributed by atoms with Gasteiger partial charge in [-0.25, -0.2) is 0 Å². The van der Waals surface area contributed by atoms with Gasteiger partial charge in [-0.05, 0) is 37.1 Å². The molecule has 0 radical (unpaired) electrons. The molecule has 0 saturated carbocycles. The predicted octanol–water partition coefficient (Wildman–Crippen LogP) is 1.66. The zero-order chi connectivity index (χ0) is 14.3. The molecule has 2 N–H and O–H groups in total. The topological polar surface area (TPSA) is 75.6 Å². The molecular formula is C14H19NO4. The van der Waals surface area contributed by atoms with Crippen molar-refractivity contribution in [2.75, 3.05) is 13.2 Å². The van der Waals surface area contributed by atoms with Crippen LogP contribution in [0.3, 0.4) is 0 Å². The Hall–Kier alpha value is -2.04. The lowest BCUT2D eigenvalue weighted by Gasteiger charge is -2.09. The summed E-state index contributed by atoms with van der Waals surface area (Å²) in [5.74, 6) is -0.467. The van der Waals surface area contributed by atoms with Gasteiger partial charge in [0.15, 0.2) is 0 Å². The van der Waals surface area contributed by atoms with Crippen molar-refractivity contribution >= 4 is 11.9 Å². The van der Waals surface area contributed by atoms with Crippen LogP contribution in [0.1, 0.15) is 24.0 Å². The summed E-state index contributed by atoms with van der Waals surface area (Å²) in [7, 11) is 0. The van der Waals surface area contributed by atoms with Crippen molar-refractivity contribution in [3.63, 3.8) is 0 Å². The fraction of sp³-hybridized carbons (Fsp3) is 0.429. The fourth-order valence-corrected chi connectivity index (χ4v) is 1.68. The van der Waals surface area contributed by atoms with Gasteiger partial charge in [0.05, 0.1) is 13.0 Å². The highest BCUT2D eigenvalue weighted by atomic mass is 16.5. The van der Waals surface area contributed by atoms with Gasteiger partial charge >= 0.3 is 5.97 Å². The maximum absolute atomic E-state index is 11.2. The van der Waals surface area contributed by atoms with Gasteiger partial charge in [-0.3, -0.25) is 9.59 Å². The van der Waals surface area contributed by atoms with Crippen LogP contribution >= 0.6 is 0 Å². The molecule has 0 saturated heterocycles. The standard InChI is InChI=1S/C14H19NO4/c1-10-7-11(2)9-12(8-10)19-6-5-15-13(16)3-4-14(17)18/h7-9H,3-6H2,1-2H3,(H,15,16)(H,17,18). The maximum atomic E-state index is 11.2. The van der Waals surface area contributed by atoms with Crippen molar-refractivity contribution in [1.29, 1.82) is 0 Å². The van der Waals surface area contributed by atoms with E-state index in [2.05, 4.69) is 11.4 Å². The molecule has 1 aromatic carbocycles. The van der Waals surface area contributed by atoms with Crippen LogP contribution in [0.15, 0.2) is 18.2 Å². The second-order valence-corrected chi connectivity index (χ2v) is 4.42. The molecule has 5 heteroatoms. The van der Waals surface area contributed by atoms with E-state index in [-0.39, 0.29) is 18.7 Å². The Balaban J connectivity index is 2.23. The Morgan fingerprint density at radius 2 is 1.79 bits per heavy atom. The summed E-state index contributed by atoms with van der Waals surface area (Å²) in [6, 6.07) is 5.92. The number of carbonyl (C=O) groups is 2. The van der Waals surface area contributed by atoms with Crippen LogP contribution in [0.25, 0.3) is 0 Å². The number of aryl methyl sites for hydroxylation is 2. The fourth-order valence-electron chi connectivity index (χ4n) is 1.68. The van der Waals surface area contributed by atoms with E-state index in [1.165, 1.54) is 0 Å². The Labute approximate surface area is 112 Å². The van der Waals surface area contributed by atoms with Crippen LogP contribution in [0.5, 0.6) is 5.75 Å². The first-order valence-electron chi connectivity index (χ1n) is 6.17. The summed E-state index contributed by atoms with van der Waals surface area (Å²) in [6.45, 7) is 4.72. The van der Waals surface area contributed by atoms with Gasteiger partial charge in [0.1, 0.15) is 12.4 Å². The Kier molecular flexibility index (Phi) is 5.85. The van der Waals surface area contributed by atoms with Crippen LogP contribution in [-0.2, 0) is 9.59 Å². The highest BCUT2D eigenvalue weighted by Crippen LogP contribution is 2.15. The number of hydrogen-bond donors (Lipinski definition) is 2. The molecule has 1 amide bonds. The number of ether oxygens (including phenoxy) is 1. The molecule has 19 heavy (non-hydrogen) atoms. The van der Waals surface area contributed by atoms with Gasteiger partial charge < -0.3 is 15.2 Å². The predicted molar refractivity (Wildman–Crippen MR) is 71.3 cm³/mol. The maximum Gasteiger partial charge on any atom is 0.303 e. The highest BCUT2D eigenvalue weighted by molar-refractivity contribution is 5.80. The number of carbonyl (C=O) groups excluding carboxylic acids is 1. The van der Waals surface area contributed by atoms with Crippen LogP contribution in [0, 0.1) is 13.8 Å². The molecule has 0 aliphatic heterocycles. The van der Waals surface area contributed by atoms with Gasteiger partial charge in [-0.1, -0.05) is 6.07 Å². The highest BCUT2D eigenvalue weighted by Gasteiger charge is 2.04. The summed E-state index contributed by atoms with van der Waals surface area (Å²) in [5.41, 5.74) is 2.25. The lowest BCUT2D eigenvalue weighted by atomic mass is 10.1. The molecular weight excluding hydrogens is 246 g/mol. The summed E-state index contributed by atoms with van der Waals surface area (Å²) in [5, 5.41) is 11.0. The van der Waals surface area contributed by atoms with Crippen molar-refractivity contribution in [2.45, 2.75) is 26.7 Å². The van der Waals surface area contributed by atoms with Gasteiger partial charge in [0, 0.05) is 6.42 Å². The van der Waals surface area contributed by atoms with E-state index in [0.717, 1.165) is 16.9 Å². The number of aliphatic carboxylic acids is 1. The molecule has 0 spiro atoms. The summed E-state index contributed by atoms with van der Waals surface area (Å²) >= 11 is 0. The van der Waals surface area contributed by atoms with E-state index >= 15 is 0 Å². The molecule has 0 aliphatic rings. The molecule has 0 unspecified atom stereocenters. The molecule has 0 fully saturated rings. The number of nitrogens with one attached hydrogen (secondary N) is 1. The number of carboxylic acid groups (broad SMARTS) is 1. The SMILES string of the molecule is Cc1cc(C)cc(OCCNC(=O)CCC(=O)O)c1. The molecule has 0 aromatic heterocycles. The number of benzene rings is 1. The van der Waals surface area contributed by atoms with Crippen molar-refractivity contribution in [2.24, 2.45) is 0 Å². The van der Waals surface area contributed by atoms with E-state index in [0.29, 0.717) is 13.2 Å². The van der Waals surface area contributed by atoms with Crippen LogP contribution in [0.4, 0.5) is 0 Å². The van der Waals surface area contributed by atoms with Gasteiger partial charge in [-0.2, -0.15) is 0 Å². The van der Waals surface area contributed by atoms with Crippen molar-refractivity contribution in [3.05, 3.63) is 29.3 Å². The van der Waals surface area contributed by atoms with Crippen molar-refractivity contribution in [3.8, 4) is 5.75 Å². The second kappa shape index (κ2) is 7.41. The lowest BCUT2D eigenvalue weighted by molar-refractivity contribution is -0.138. The minimum absolute atomic E-state index is 0.00110. The largest absolute Gasteiger partial charge is 0.492 e. The first-order valence-corrected chi connectivity index (χ1v) is 6.17. The molecule has 1 rings (SSSR count). The number of amides is 1. The third-order valence-corrected chi connectivity index (χ3v) is 2.45. The normalized spacial score (nSPS) is 10.0. The Morgan fingerprint density at radius 3 is 2.37 bits per heavy atom. The van der Waals surface area contributed by atoms with E-state index in [4.69, 9.17) is 9.84 Å². The lowest BCUT2D eigenvalue weighted by Crippen LogP contribution is -2.28. The second-order valence-electron chi connectivity index (χ2n) is 4.42. The van der Waals surface area contributed by atoms with E-state index < -0.39 is 5.97 Å². The van der Waals surface area contributed by atoms with Gasteiger partial charge in [0.2, 0.25) is 5.91 Å². The van der Waals surface area contributed by atoms with E-state index in [1.807, 2.05) is 26.0 Å². The number of rotatable bonds is 7. The zero-order valence-electron chi connectivity index (χ0n) is 11.2. The molecule has 104 valence electrons. The zero-order valence-corrected chi connectivity index (χ0v) is 11.2. The average Bonchev–Trinajstić information content (AvgIpc) is 2.31. The third-order valence-electron chi connectivity index (χ3n) is 2.45. The Morgan fingerprint density at radius 1 is 1.16 bits per heavy atom. The van der Waals surface area contributed by atoms with Crippen molar-refractivity contribution < 1.29 is 19.4 Å². The smallest absolute Gasteiger partial charge is 0.303 e. The Bertz CT molecular complexity index is 437. The first-order chi connectivity index (χ1) is 8.97. The average molecular weight is 265 g/mol. The third kappa shape index (κ3) is 6.45. The van der Waals surface area contributed by atoms with Crippen molar-refractivity contribution in [1.82, 2.24) is 5.32 Å². The summed E-state index contributed by atoms with van der Waals surface area (Å²) < 4.78 is 5.51. The molecule has 0 bridgehead atoms. The molecule has 0 aliphatic carbocycles. The minimum atomic E-state index is -0.971. The number of carboxylic acids is 1. The first kappa shape index (κ1) is 15.0. The monoisotopic (exact) mass is 265 g/mol. The molecule has 1 aromatic rings. The van der Waals surface area contributed by atoms with Gasteiger partial charge in [0.25, 0.3) is 0 Å². The van der Waals surface area contributed by atoms with Crippen LogP contribution in [0.2, 0.25) is 0 Å². The van der Waals surface area contributed by atoms with E-state index in [9.17, 15) is 9.59 Å². The quantitative estimate of drug-likeness (QED) is 0.735. The summed E-state index contributed by atoms with van der Waals surface area (Å²) in [4.78, 5) is 21.5. The van der Waals surface area contributed by atoms with Crippen LogP contribution in [-0.4, -0.2) is 30.1 Å². The van der Waals surface area contributed by atoms with Crippen LogP contribution < -0.4 is 10.1 Å². The van der Waals surface area contributed by atoms with Gasteiger partial charge in [-0.15, -0.1) is 0 Å². The molecule has 0 atom stereocenters. The molecule has 0 heterocycles. The minimum Gasteiger partial charge on any atom is -0.492 e.